The molecule has 0 aromatic heterocycles. The molecule has 1 saturated carbocycles. The van der Waals surface area contributed by atoms with E-state index >= 15 is 0 Å². The standard InChI is InChI=1S/C16H22N2O2S/c1-13(16-9-7-14(11-17)8-10-16)18-21(19,20)12-15-5-3-2-4-6-15/h7-10,13,15,18H,2-6,12H2,1H3/t13-/m1/s1. The molecule has 0 radical (unpaired) electrons. The van der Waals surface area contributed by atoms with Crippen molar-refractivity contribution in [2.24, 2.45) is 5.92 Å². The van der Waals surface area contributed by atoms with Crippen LogP contribution in [0.5, 0.6) is 0 Å². The number of rotatable bonds is 5. The Morgan fingerprint density at radius 2 is 1.86 bits per heavy atom. The van der Waals surface area contributed by atoms with E-state index in [-0.39, 0.29) is 11.8 Å². The van der Waals surface area contributed by atoms with E-state index in [2.05, 4.69) is 10.8 Å². The second-order valence-corrected chi connectivity index (χ2v) is 7.66. The minimum Gasteiger partial charge on any atom is -0.212 e. The van der Waals surface area contributed by atoms with Crippen molar-refractivity contribution in [1.29, 1.82) is 5.26 Å². The van der Waals surface area contributed by atoms with E-state index in [9.17, 15) is 8.42 Å². The maximum Gasteiger partial charge on any atom is 0.212 e. The quantitative estimate of drug-likeness (QED) is 0.908. The van der Waals surface area contributed by atoms with E-state index in [1.165, 1.54) is 6.42 Å². The molecule has 0 spiro atoms. The zero-order valence-corrected chi connectivity index (χ0v) is 13.2. The molecule has 0 saturated heterocycles. The Kier molecular flexibility index (Phi) is 5.38. The summed E-state index contributed by atoms with van der Waals surface area (Å²) in [4.78, 5) is 0. The van der Waals surface area contributed by atoms with Gasteiger partial charge in [-0.3, -0.25) is 0 Å². The average Bonchev–Trinajstić information content (AvgIpc) is 2.47. The summed E-state index contributed by atoms with van der Waals surface area (Å²) in [5.41, 5.74) is 1.46. The smallest absolute Gasteiger partial charge is 0.212 e. The minimum absolute atomic E-state index is 0.230. The van der Waals surface area contributed by atoms with Crippen molar-refractivity contribution in [3.8, 4) is 6.07 Å². The van der Waals surface area contributed by atoms with Gasteiger partial charge in [0.05, 0.1) is 17.4 Å². The van der Waals surface area contributed by atoms with E-state index in [0.29, 0.717) is 11.5 Å². The topological polar surface area (TPSA) is 70.0 Å². The molecule has 1 aliphatic carbocycles. The Balaban J connectivity index is 1.96. The third-order valence-corrected chi connectivity index (χ3v) is 5.70. The molecule has 0 heterocycles. The summed E-state index contributed by atoms with van der Waals surface area (Å²) in [5.74, 6) is 0.526. The predicted octanol–water partition coefficient (Wildman–Crippen LogP) is 3.12. The molecule has 1 aromatic rings. The molecular weight excluding hydrogens is 284 g/mol. The van der Waals surface area contributed by atoms with Gasteiger partial charge in [0.1, 0.15) is 0 Å². The van der Waals surface area contributed by atoms with Crippen LogP contribution in [0.4, 0.5) is 0 Å². The van der Waals surface area contributed by atoms with Gasteiger partial charge in [-0.25, -0.2) is 13.1 Å². The maximum absolute atomic E-state index is 12.2. The molecule has 21 heavy (non-hydrogen) atoms. The lowest BCUT2D eigenvalue weighted by atomic mass is 9.91. The highest BCUT2D eigenvalue weighted by molar-refractivity contribution is 7.89. The first-order valence-electron chi connectivity index (χ1n) is 7.50. The molecule has 0 bridgehead atoms. The lowest BCUT2D eigenvalue weighted by Gasteiger charge is -2.22. The van der Waals surface area contributed by atoms with Crippen LogP contribution < -0.4 is 4.72 Å². The number of hydrogen-bond acceptors (Lipinski definition) is 3. The number of sulfonamides is 1. The number of nitriles is 1. The van der Waals surface area contributed by atoms with Gasteiger partial charge < -0.3 is 0 Å². The van der Waals surface area contributed by atoms with E-state index in [1.54, 1.807) is 24.3 Å². The van der Waals surface area contributed by atoms with Gasteiger partial charge in [0.15, 0.2) is 0 Å². The summed E-state index contributed by atoms with van der Waals surface area (Å²) >= 11 is 0. The van der Waals surface area contributed by atoms with Crippen LogP contribution in [0.2, 0.25) is 0 Å². The fourth-order valence-electron chi connectivity index (χ4n) is 2.90. The van der Waals surface area contributed by atoms with Crippen LogP contribution in [0.15, 0.2) is 24.3 Å². The average molecular weight is 306 g/mol. The summed E-state index contributed by atoms with van der Waals surface area (Å²) < 4.78 is 27.2. The summed E-state index contributed by atoms with van der Waals surface area (Å²) in [5, 5.41) is 8.77. The van der Waals surface area contributed by atoms with Crippen molar-refractivity contribution < 1.29 is 8.42 Å². The van der Waals surface area contributed by atoms with E-state index in [0.717, 1.165) is 31.2 Å². The Labute approximate surface area is 127 Å². The fraction of sp³-hybridized carbons (Fsp3) is 0.562. The normalized spacial score (nSPS) is 18.1. The SMILES string of the molecule is C[C@@H](NS(=O)(=O)CC1CCCCC1)c1ccc(C#N)cc1. The third kappa shape index (κ3) is 4.83. The van der Waals surface area contributed by atoms with Crippen molar-refractivity contribution in [1.82, 2.24) is 4.72 Å². The molecule has 1 fully saturated rings. The minimum atomic E-state index is -3.26. The van der Waals surface area contributed by atoms with E-state index in [1.807, 2.05) is 6.92 Å². The first-order chi connectivity index (χ1) is 10.00. The largest absolute Gasteiger partial charge is 0.212 e. The van der Waals surface area contributed by atoms with Crippen LogP contribution in [0, 0.1) is 17.2 Å². The lowest BCUT2D eigenvalue weighted by Crippen LogP contribution is -2.32. The number of benzene rings is 1. The van der Waals surface area contributed by atoms with Crippen molar-refractivity contribution in [3.63, 3.8) is 0 Å². The van der Waals surface area contributed by atoms with Crippen molar-refractivity contribution >= 4 is 10.0 Å². The first kappa shape index (κ1) is 16.0. The second-order valence-electron chi connectivity index (χ2n) is 5.86. The molecular formula is C16H22N2O2S. The molecule has 1 N–H and O–H groups in total. The van der Waals surface area contributed by atoms with Crippen LogP contribution in [-0.2, 0) is 10.0 Å². The summed E-state index contributed by atoms with van der Waals surface area (Å²) in [6.07, 6.45) is 5.56. The molecule has 2 rings (SSSR count). The van der Waals surface area contributed by atoms with E-state index < -0.39 is 10.0 Å². The van der Waals surface area contributed by atoms with Gasteiger partial charge in [0.2, 0.25) is 10.0 Å². The fourth-order valence-corrected chi connectivity index (χ4v) is 4.62. The van der Waals surface area contributed by atoms with Crippen LogP contribution >= 0.6 is 0 Å². The molecule has 0 amide bonds. The van der Waals surface area contributed by atoms with Gasteiger partial charge in [-0.05, 0) is 43.4 Å². The van der Waals surface area contributed by atoms with Crippen molar-refractivity contribution in [3.05, 3.63) is 35.4 Å². The molecule has 0 unspecified atom stereocenters. The molecule has 5 heteroatoms. The summed E-state index contributed by atoms with van der Waals surface area (Å²) in [7, 11) is -3.26. The Bertz CT molecular complexity index is 596. The Morgan fingerprint density at radius 3 is 2.43 bits per heavy atom. The monoisotopic (exact) mass is 306 g/mol. The zero-order chi connectivity index (χ0) is 15.3. The summed E-state index contributed by atoms with van der Waals surface area (Å²) in [6.45, 7) is 1.83. The van der Waals surface area contributed by atoms with Gasteiger partial charge in [-0.1, -0.05) is 31.4 Å². The van der Waals surface area contributed by atoms with Crippen molar-refractivity contribution in [2.75, 3.05) is 5.75 Å². The number of nitrogens with zero attached hydrogens (tertiary/aromatic N) is 1. The van der Waals surface area contributed by atoms with Gasteiger partial charge >= 0.3 is 0 Å². The molecule has 114 valence electrons. The van der Waals surface area contributed by atoms with Gasteiger partial charge in [-0.2, -0.15) is 5.26 Å². The number of nitrogens with one attached hydrogen (secondary N) is 1. The van der Waals surface area contributed by atoms with Crippen LogP contribution in [0.25, 0.3) is 0 Å². The molecule has 4 nitrogen and oxygen atoms in total. The first-order valence-corrected chi connectivity index (χ1v) is 9.15. The molecule has 0 aliphatic heterocycles. The van der Waals surface area contributed by atoms with E-state index in [4.69, 9.17) is 5.26 Å². The van der Waals surface area contributed by atoms with Crippen LogP contribution in [0.1, 0.15) is 56.2 Å². The van der Waals surface area contributed by atoms with Gasteiger partial charge in [-0.15, -0.1) is 0 Å². The van der Waals surface area contributed by atoms with Crippen LogP contribution in [-0.4, -0.2) is 14.2 Å². The Hall–Kier alpha value is -1.38. The van der Waals surface area contributed by atoms with Crippen molar-refractivity contribution in [2.45, 2.75) is 45.1 Å². The molecule has 1 atom stereocenters. The lowest BCUT2D eigenvalue weighted by molar-refractivity contribution is 0.383. The maximum atomic E-state index is 12.2. The highest BCUT2D eigenvalue weighted by Gasteiger charge is 2.23. The van der Waals surface area contributed by atoms with Crippen LogP contribution in [0.3, 0.4) is 0 Å². The zero-order valence-electron chi connectivity index (χ0n) is 12.4. The van der Waals surface area contributed by atoms with Gasteiger partial charge in [0, 0.05) is 6.04 Å². The second kappa shape index (κ2) is 7.06. The highest BCUT2D eigenvalue weighted by atomic mass is 32.2. The third-order valence-electron chi connectivity index (χ3n) is 4.08. The number of hydrogen-bond donors (Lipinski definition) is 1. The highest BCUT2D eigenvalue weighted by Crippen LogP contribution is 2.25. The van der Waals surface area contributed by atoms with Gasteiger partial charge in [0.25, 0.3) is 0 Å². The Morgan fingerprint density at radius 1 is 1.24 bits per heavy atom. The molecule has 1 aromatic carbocycles. The summed E-state index contributed by atoms with van der Waals surface area (Å²) in [6, 6.07) is 8.80. The molecule has 1 aliphatic rings. The predicted molar refractivity (Wildman–Crippen MR) is 83.1 cm³/mol.